The van der Waals surface area contributed by atoms with E-state index in [4.69, 9.17) is 9.47 Å². The molecule has 0 unspecified atom stereocenters. The number of pyridine rings is 1. The van der Waals surface area contributed by atoms with Crippen LogP contribution in [-0.4, -0.2) is 24.2 Å². The van der Waals surface area contributed by atoms with Crippen molar-refractivity contribution in [2.24, 2.45) is 5.10 Å². The third-order valence-corrected chi connectivity index (χ3v) is 4.73. The molecule has 31 heavy (non-hydrogen) atoms. The molecule has 0 spiro atoms. The summed E-state index contributed by atoms with van der Waals surface area (Å²) in [6.07, 6.45) is 3.10. The van der Waals surface area contributed by atoms with Gasteiger partial charge < -0.3 is 9.47 Å². The standard InChI is InChI=1S/C25H21N3O3/c1-30-24-15-18(16-27-28-25(29)22-11-4-5-14-26-22)12-13-23(24)31-17-20-9-6-8-19-7-2-3-10-21(19)20/h2-16H,17H2,1H3,(H,28,29)/b27-16-. The van der Waals surface area contributed by atoms with Gasteiger partial charge in [0.05, 0.1) is 13.3 Å². The minimum Gasteiger partial charge on any atom is -0.493 e. The smallest absolute Gasteiger partial charge is 0.289 e. The maximum absolute atomic E-state index is 12.0. The van der Waals surface area contributed by atoms with Gasteiger partial charge in [-0.15, -0.1) is 0 Å². The van der Waals surface area contributed by atoms with E-state index in [0.29, 0.717) is 23.8 Å². The zero-order valence-corrected chi connectivity index (χ0v) is 17.0. The first kappa shape index (κ1) is 20.1. The number of nitrogens with zero attached hydrogens (tertiary/aromatic N) is 2. The summed E-state index contributed by atoms with van der Waals surface area (Å²) in [4.78, 5) is 16.0. The molecule has 1 N–H and O–H groups in total. The number of carbonyl (C=O) groups excluding carboxylic acids is 1. The molecule has 6 heteroatoms. The summed E-state index contributed by atoms with van der Waals surface area (Å²) in [6, 6.07) is 25.0. The van der Waals surface area contributed by atoms with E-state index in [2.05, 4.69) is 39.8 Å². The van der Waals surface area contributed by atoms with E-state index in [-0.39, 0.29) is 5.91 Å². The Balaban J connectivity index is 1.43. The van der Waals surface area contributed by atoms with E-state index in [0.717, 1.165) is 16.5 Å². The van der Waals surface area contributed by atoms with Crippen molar-refractivity contribution >= 4 is 22.9 Å². The molecule has 0 bridgehead atoms. The van der Waals surface area contributed by atoms with E-state index in [1.807, 2.05) is 30.3 Å². The number of amides is 1. The number of ether oxygens (including phenoxy) is 2. The van der Waals surface area contributed by atoms with Crippen molar-refractivity contribution in [2.45, 2.75) is 6.61 Å². The van der Waals surface area contributed by atoms with E-state index < -0.39 is 0 Å². The number of fused-ring (bicyclic) bond motifs is 1. The molecule has 1 amide bonds. The molecule has 3 aromatic carbocycles. The maximum Gasteiger partial charge on any atom is 0.289 e. The van der Waals surface area contributed by atoms with Gasteiger partial charge in [-0.3, -0.25) is 9.78 Å². The predicted octanol–water partition coefficient (Wildman–Crippen LogP) is 4.59. The zero-order valence-electron chi connectivity index (χ0n) is 17.0. The zero-order chi connectivity index (χ0) is 21.5. The Kier molecular flexibility index (Phi) is 6.18. The average Bonchev–Trinajstić information content (AvgIpc) is 2.83. The van der Waals surface area contributed by atoms with Crippen LogP contribution >= 0.6 is 0 Å². The lowest BCUT2D eigenvalue weighted by Gasteiger charge is -2.12. The van der Waals surface area contributed by atoms with Crippen LogP contribution in [0, 0.1) is 0 Å². The number of hydrazone groups is 1. The number of hydrogen-bond donors (Lipinski definition) is 1. The highest BCUT2D eigenvalue weighted by molar-refractivity contribution is 5.93. The van der Waals surface area contributed by atoms with Crippen LogP contribution in [0.5, 0.6) is 11.5 Å². The Bertz CT molecular complexity index is 1220. The third kappa shape index (κ3) is 4.87. The molecule has 4 rings (SSSR count). The van der Waals surface area contributed by atoms with Gasteiger partial charge in [0, 0.05) is 6.20 Å². The van der Waals surface area contributed by atoms with Gasteiger partial charge >= 0.3 is 0 Å². The summed E-state index contributed by atoms with van der Waals surface area (Å²) in [5, 5.41) is 6.33. The number of carbonyl (C=O) groups is 1. The Labute approximate surface area is 180 Å². The second kappa shape index (κ2) is 9.54. The van der Waals surface area contributed by atoms with E-state index in [1.165, 1.54) is 11.6 Å². The van der Waals surface area contributed by atoms with Gasteiger partial charge in [0.15, 0.2) is 11.5 Å². The van der Waals surface area contributed by atoms with Gasteiger partial charge in [-0.25, -0.2) is 5.43 Å². The van der Waals surface area contributed by atoms with Crippen LogP contribution in [0.4, 0.5) is 0 Å². The van der Waals surface area contributed by atoms with Crippen LogP contribution in [0.1, 0.15) is 21.6 Å². The molecule has 0 aliphatic carbocycles. The Morgan fingerprint density at radius 2 is 1.84 bits per heavy atom. The predicted molar refractivity (Wildman–Crippen MR) is 121 cm³/mol. The van der Waals surface area contributed by atoms with Crippen molar-refractivity contribution in [3.05, 3.63) is 102 Å². The fourth-order valence-electron chi connectivity index (χ4n) is 3.18. The van der Waals surface area contributed by atoms with Crippen LogP contribution in [-0.2, 0) is 6.61 Å². The van der Waals surface area contributed by atoms with Crippen molar-refractivity contribution in [3.63, 3.8) is 0 Å². The maximum atomic E-state index is 12.0. The van der Waals surface area contributed by atoms with Gasteiger partial charge in [0.2, 0.25) is 0 Å². The van der Waals surface area contributed by atoms with Crippen molar-refractivity contribution in [1.29, 1.82) is 0 Å². The first-order chi connectivity index (χ1) is 15.2. The SMILES string of the molecule is COc1cc(/C=N\NC(=O)c2ccccn2)ccc1OCc1cccc2ccccc12. The summed E-state index contributed by atoms with van der Waals surface area (Å²) < 4.78 is 11.5. The second-order valence-electron chi connectivity index (χ2n) is 6.75. The van der Waals surface area contributed by atoms with Crippen molar-refractivity contribution < 1.29 is 14.3 Å². The number of methoxy groups -OCH3 is 1. The molecule has 6 nitrogen and oxygen atoms in total. The fourth-order valence-corrected chi connectivity index (χ4v) is 3.18. The number of aromatic nitrogens is 1. The Morgan fingerprint density at radius 3 is 2.68 bits per heavy atom. The molecule has 1 aromatic heterocycles. The minimum absolute atomic E-state index is 0.300. The molecule has 4 aromatic rings. The van der Waals surface area contributed by atoms with Gasteiger partial charge in [-0.1, -0.05) is 48.5 Å². The van der Waals surface area contributed by atoms with E-state index in [9.17, 15) is 4.79 Å². The number of benzene rings is 3. The molecule has 0 fully saturated rings. The molecule has 0 radical (unpaired) electrons. The normalized spacial score (nSPS) is 10.9. The summed E-state index contributed by atoms with van der Waals surface area (Å²) >= 11 is 0. The molecule has 0 aliphatic rings. The largest absolute Gasteiger partial charge is 0.493 e. The number of rotatable bonds is 7. The molecular formula is C25H21N3O3. The molecule has 1 heterocycles. The first-order valence-corrected chi connectivity index (χ1v) is 9.76. The highest BCUT2D eigenvalue weighted by Crippen LogP contribution is 2.29. The summed E-state index contributed by atoms with van der Waals surface area (Å²) in [5.41, 5.74) is 4.62. The quantitative estimate of drug-likeness (QED) is 0.357. The molecule has 0 saturated heterocycles. The Morgan fingerprint density at radius 1 is 1.00 bits per heavy atom. The molecule has 154 valence electrons. The highest BCUT2D eigenvalue weighted by Gasteiger charge is 2.08. The van der Waals surface area contributed by atoms with Gasteiger partial charge in [-0.2, -0.15) is 5.10 Å². The summed E-state index contributed by atoms with van der Waals surface area (Å²) in [5.74, 6) is 0.837. The molecule has 0 aliphatic heterocycles. The average molecular weight is 411 g/mol. The van der Waals surface area contributed by atoms with Crippen LogP contribution in [0.25, 0.3) is 10.8 Å². The van der Waals surface area contributed by atoms with E-state index >= 15 is 0 Å². The highest BCUT2D eigenvalue weighted by atomic mass is 16.5. The van der Waals surface area contributed by atoms with E-state index in [1.54, 1.807) is 37.6 Å². The third-order valence-electron chi connectivity index (χ3n) is 4.73. The van der Waals surface area contributed by atoms with Crippen molar-refractivity contribution in [3.8, 4) is 11.5 Å². The Hall–Kier alpha value is -4.19. The minimum atomic E-state index is -0.376. The molecular weight excluding hydrogens is 390 g/mol. The monoisotopic (exact) mass is 411 g/mol. The summed E-state index contributed by atoms with van der Waals surface area (Å²) in [6.45, 7) is 0.422. The van der Waals surface area contributed by atoms with Crippen LogP contribution in [0.3, 0.4) is 0 Å². The topological polar surface area (TPSA) is 72.8 Å². The number of hydrogen-bond acceptors (Lipinski definition) is 5. The first-order valence-electron chi connectivity index (χ1n) is 9.76. The van der Waals surface area contributed by atoms with Gasteiger partial charge in [0.25, 0.3) is 5.91 Å². The van der Waals surface area contributed by atoms with Crippen LogP contribution < -0.4 is 14.9 Å². The fraction of sp³-hybridized carbons (Fsp3) is 0.0800. The lowest BCUT2D eigenvalue weighted by molar-refractivity contribution is 0.0950. The lowest BCUT2D eigenvalue weighted by Crippen LogP contribution is -2.18. The van der Waals surface area contributed by atoms with Crippen molar-refractivity contribution in [1.82, 2.24) is 10.4 Å². The second-order valence-corrected chi connectivity index (χ2v) is 6.75. The summed E-state index contributed by atoms with van der Waals surface area (Å²) in [7, 11) is 1.59. The number of nitrogens with one attached hydrogen (secondary N) is 1. The molecule has 0 saturated carbocycles. The van der Waals surface area contributed by atoms with Crippen molar-refractivity contribution in [2.75, 3.05) is 7.11 Å². The van der Waals surface area contributed by atoms with Crippen LogP contribution in [0.15, 0.2) is 90.2 Å². The molecule has 0 atom stereocenters. The lowest BCUT2D eigenvalue weighted by atomic mass is 10.1. The van der Waals surface area contributed by atoms with Gasteiger partial charge in [0.1, 0.15) is 12.3 Å². The van der Waals surface area contributed by atoms with Gasteiger partial charge in [-0.05, 0) is 52.2 Å². The van der Waals surface area contributed by atoms with Crippen LogP contribution in [0.2, 0.25) is 0 Å².